The Hall–Kier alpha value is -2.87. The van der Waals surface area contributed by atoms with E-state index in [4.69, 9.17) is 4.98 Å². The van der Waals surface area contributed by atoms with Crippen molar-refractivity contribution in [2.24, 2.45) is 0 Å². The number of rotatable bonds is 2. The zero-order valence-electron chi connectivity index (χ0n) is 15.5. The Morgan fingerprint density at radius 1 is 0.885 bits per heavy atom. The van der Waals surface area contributed by atoms with Crippen LogP contribution in [0.3, 0.4) is 0 Å². The fourth-order valence-electron chi connectivity index (χ4n) is 4.18. The number of hydrogen-bond acceptors (Lipinski definition) is 2. The van der Waals surface area contributed by atoms with Crippen molar-refractivity contribution >= 4 is 32.9 Å². The van der Waals surface area contributed by atoms with Crippen LogP contribution in [0.4, 0.5) is 11.4 Å². The monoisotopic (exact) mass is 338 g/mol. The molecule has 0 saturated heterocycles. The number of pyridine rings is 1. The molecule has 0 aliphatic carbocycles. The minimum Gasteiger partial charge on any atom is -0.341 e. The molecule has 0 spiro atoms. The van der Waals surface area contributed by atoms with Gasteiger partial charge in [-0.1, -0.05) is 44.2 Å². The van der Waals surface area contributed by atoms with Crippen LogP contribution >= 0.6 is 0 Å². The van der Waals surface area contributed by atoms with Crippen molar-refractivity contribution in [1.82, 2.24) is 4.98 Å². The number of aromatic nitrogens is 1. The van der Waals surface area contributed by atoms with Gasteiger partial charge in [0.1, 0.15) is 0 Å². The Bertz CT molecular complexity index is 1160. The molecule has 0 atom stereocenters. The SMILES string of the molecule is CCN1c2cc3ccccc3cc2-c2nccc3cc(C(C)C)cc1c23. The first-order valence-electron chi connectivity index (χ1n) is 9.40. The molecule has 128 valence electrons. The maximum Gasteiger partial charge on any atom is 0.0822 e. The molecule has 2 heteroatoms. The van der Waals surface area contributed by atoms with Crippen molar-refractivity contribution in [2.45, 2.75) is 26.7 Å². The first kappa shape index (κ1) is 15.4. The van der Waals surface area contributed by atoms with Crippen LogP contribution in [0, 0.1) is 0 Å². The van der Waals surface area contributed by atoms with E-state index in [2.05, 4.69) is 80.3 Å². The summed E-state index contributed by atoms with van der Waals surface area (Å²) in [5.74, 6) is 0.504. The van der Waals surface area contributed by atoms with Crippen molar-refractivity contribution in [2.75, 3.05) is 11.4 Å². The number of hydrogen-bond donors (Lipinski definition) is 0. The van der Waals surface area contributed by atoms with Crippen molar-refractivity contribution in [3.8, 4) is 11.3 Å². The molecule has 2 heterocycles. The zero-order chi connectivity index (χ0) is 17.8. The largest absolute Gasteiger partial charge is 0.341 e. The van der Waals surface area contributed by atoms with E-state index in [0.717, 1.165) is 12.2 Å². The lowest BCUT2D eigenvalue weighted by molar-refractivity contribution is 0.866. The van der Waals surface area contributed by atoms with E-state index >= 15 is 0 Å². The van der Waals surface area contributed by atoms with Gasteiger partial charge in [-0.2, -0.15) is 0 Å². The molecule has 0 amide bonds. The predicted octanol–water partition coefficient (Wildman–Crippen LogP) is 6.65. The molecule has 1 aliphatic rings. The molecule has 0 fully saturated rings. The van der Waals surface area contributed by atoms with Crippen molar-refractivity contribution in [3.63, 3.8) is 0 Å². The van der Waals surface area contributed by atoms with Gasteiger partial charge in [-0.05, 0) is 58.8 Å². The normalized spacial score (nSPS) is 12.8. The van der Waals surface area contributed by atoms with Crippen LogP contribution in [0.15, 0.2) is 60.8 Å². The van der Waals surface area contributed by atoms with Crippen LogP contribution in [0.5, 0.6) is 0 Å². The van der Waals surface area contributed by atoms with E-state index in [9.17, 15) is 0 Å². The van der Waals surface area contributed by atoms with Crippen molar-refractivity contribution < 1.29 is 0 Å². The summed E-state index contributed by atoms with van der Waals surface area (Å²) >= 11 is 0. The number of fused-ring (bicyclic) bond motifs is 3. The second-order valence-corrected chi connectivity index (χ2v) is 7.41. The summed E-state index contributed by atoms with van der Waals surface area (Å²) in [5.41, 5.74) is 6.28. The standard InChI is InChI=1S/C24H22N2/c1-4-26-21-13-17-8-6-5-7-16(17)12-20(21)24-23-18(9-10-25-24)11-19(15(2)3)14-22(23)26/h5-15H,4H2,1-3H3. The van der Waals surface area contributed by atoms with Gasteiger partial charge < -0.3 is 4.90 Å². The van der Waals surface area contributed by atoms with E-state index in [1.54, 1.807) is 0 Å². The van der Waals surface area contributed by atoms with E-state index in [1.165, 1.54) is 44.0 Å². The number of benzene rings is 3. The van der Waals surface area contributed by atoms with E-state index in [-0.39, 0.29) is 0 Å². The molecule has 5 rings (SSSR count). The van der Waals surface area contributed by atoms with Crippen molar-refractivity contribution in [3.05, 3.63) is 66.4 Å². The molecular formula is C24H22N2. The van der Waals surface area contributed by atoms with Gasteiger partial charge in [0.05, 0.1) is 17.1 Å². The third-order valence-electron chi connectivity index (χ3n) is 5.55. The molecule has 0 N–H and O–H groups in total. The summed E-state index contributed by atoms with van der Waals surface area (Å²) < 4.78 is 0. The van der Waals surface area contributed by atoms with Crippen LogP contribution in [0.2, 0.25) is 0 Å². The third-order valence-corrected chi connectivity index (χ3v) is 5.55. The van der Waals surface area contributed by atoms with E-state index < -0.39 is 0 Å². The van der Waals surface area contributed by atoms with Gasteiger partial charge >= 0.3 is 0 Å². The number of anilines is 2. The molecule has 1 aromatic heterocycles. The highest BCUT2D eigenvalue weighted by atomic mass is 15.1. The summed E-state index contributed by atoms with van der Waals surface area (Å²) in [5, 5.41) is 5.11. The molecule has 0 saturated carbocycles. The van der Waals surface area contributed by atoms with Crippen LogP contribution < -0.4 is 4.90 Å². The maximum absolute atomic E-state index is 4.80. The summed E-state index contributed by atoms with van der Waals surface area (Å²) in [7, 11) is 0. The van der Waals surface area contributed by atoms with E-state index in [1.807, 2.05) is 6.20 Å². The molecular weight excluding hydrogens is 316 g/mol. The Morgan fingerprint density at radius 2 is 1.65 bits per heavy atom. The first-order valence-corrected chi connectivity index (χ1v) is 9.40. The fourth-order valence-corrected chi connectivity index (χ4v) is 4.18. The summed E-state index contributed by atoms with van der Waals surface area (Å²) in [6.45, 7) is 7.69. The van der Waals surface area contributed by atoms with Crippen molar-refractivity contribution in [1.29, 1.82) is 0 Å². The van der Waals surface area contributed by atoms with Crippen LogP contribution in [0.25, 0.3) is 32.8 Å². The van der Waals surface area contributed by atoms with Gasteiger partial charge in [-0.3, -0.25) is 4.98 Å². The minimum atomic E-state index is 0.504. The molecule has 4 aromatic rings. The van der Waals surface area contributed by atoms with Gasteiger partial charge in [0.25, 0.3) is 0 Å². The minimum absolute atomic E-state index is 0.504. The Labute approximate surface area is 154 Å². The maximum atomic E-state index is 4.80. The van der Waals surface area contributed by atoms with Crippen LogP contribution in [-0.4, -0.2) is 11.5 Å². The van der Waals surface area contributed by atoms with Gasteiger partial charge in [0.15, 0.2) is 0 Å². The summed E-state index contributed by atoms with van der Waals surface area (Å²) in [6.07, 6.45) is 1.95. The third kappa shape index (κ3) is 2.08. The lowest BCUT2D eigenvalue weighted by atomic mass is 9.90. The van der Waals surface area contributed by atoms with Crippen LogP contribution in [-0.2, 0) is 0 Å². The first-order chi connectivity index (χ1) is 12.7. The topological polar surface area (TPSA) is 16.1 Å². The predicted molar refractivity (Wildman–Crippen MR) is 111 cm³/mol. The quantitative estimate of drug-likeness (QED) is 0.407. The lowest BCUT2D eigenvalue weighted by Gasteiger charge is -2.33. The molecule has 2 nitrogen and oxygen atoms in total. The highest BCUT2D eigenvalue weighted by Gasteiger charge is 2.26. The molecule has 0 radical (unpaired) electrons. The highest BCUT2D eigenvalue weighted by Crippen LogP contribution is 2.48. The summed E-state index contributed by atoms with van der Waals surface area (Å²) in [6, 6.07) is 20.0. The summed E-state index contributed by atoms with van der Waals surface area (Å²) in [4.78, 5) is 7.25. The molecule has 26 heavy (non-hydrogen) atoms. The second kappa shape index (κ2) is 5.57. The molecule has 3 aromatic carbocycles. The van der Waals surface area contributed by atoms with Crippen LogP contribution in [0.1, 0.15) is 32.3 Å². The Balaban J connectivity index is 1.93. The average molecular weight is 338 g/mol. The highest BCUT2D eigenvalue weighted by molar-refractivity contribution is 6.12. The molecule has 0 bridgehead atoms. The lowest BCUT2D eigenvalue weighted by Crippen LogP contribution is -2.20. The average Bonchev–Trinajstić information content (AvgIpc) is 2.67. The Morgan fingerprint density at radius 3 is 2.38 bits per heavy atom. The van der Waals surface area contributed by atoms with Gasteiger partial charge in [0.2, 0.25) is 0 Å². The molecule has 1 aliphatic heterocycles. The number of nitrogens with zero attached hydrogens (tertiary/aromatic N) is 2. The Kier molecular flexibility index (Phi) is 3.30. The van der Waals surface area contributed by atoms with E-state index in [0.29, 0.717) is 5.92 Å². The zero-order valence-corrected chi connectivity index (χ0v) is 15.5. The smallest absolute Gasteiger partial charge is 0.0822 e. The van der Waals surface area contributed by atoms with Gasteiger partial charge in [-0.15, -0.1) is 0 Å². The van der Waals surface area contributed by atoms with Gasteiger partial charge in [0, 0.05) is 23.7 Å². The second-order valence-electron chi connectivity index (χ2n) is 7.41. The molecule has 0 unspecified atom stereocenters. The van der Waals surface area contributed by atoms with Gasteiger partial charge in [-0.25, -0.2) is 0 Å². The fraction of sp³-hybridized carbons (Fsp3) is 0.208.